The molecule has 0 fully saturated rings. The van der Waals surface area contributed by atoms with Gasteiger partial charge in [-0.1, -0.05) is 6.42 Å². The molecule has 1 aliphatic rings. The van der Waals surface area contributed by atoms with Gasteiger partial charge in [-0.25, -0.2) is 13.2 Å². The molecule has 5 heteroatoms. The van der Waals surface area contributed by atoms with Gasteiger partial charge in [0.15, 0.2) is 22.9 Å². The van der Waals surface area contributed by atoms with E-state index in [0.717, 1.165) is 25.3 Å². The van der Waals surface area contributed by atoms with Gasteiger partial charge in [-0.05, 0) is 31.7 Å². The minimum atomic E-state index is -1.54. The lowest BCUT2D eigenvalue weighted by Gasteiger charge is -2.09. The Morgan fingerprint density at radius 1 is 1.00 bits per heavy atom. The molecule has 1 aromatic carbocycles. The molecule has 2 nitrogen and oxygen atoms in total. The largest absolute Gasteiger partial charge is 0.355 e. The Morgan fingerprint density at radius 3 is 2.53 bits per heavy atom. The van der Waals surface area contributed by atoms with Gasteiger partial charge in [0.1, 0.15) is 0 Å². The highest BCUT2D eigenvalue weighted by atomic mass is 19.2. The van der Waals surface area contributed by atoms with Gasteiger partial charge in [0.05, 0.1) is 10.9 Å². The van der Waals surface area contributed by atoms with Crippen LogP contribution in [0.3, 0.4) is 0 Å². The van der Waals surface area contributed by atoms with E-state index in [4.69, 9.17) is 0 Å². The van der Waals surface area contributed by atoms with Gasteiger partial charge in [0.25, 0.3) is 0 Å². The summed E-state index contributed by atoms with van der Waals surface area (Å²) in [5, 5.41) is -0.114. The third-order valence-electron chi connectivity index (χ3n) is 3.67. The summed E-state index contributed by atoms with van der Waals surface area (Å²) in [5.74, 6) is -4.19. The fraction of sp³-hybridized carbons (Fsp3) is 0.357. The molecule has 3 rings (SSSR count). The first-order valence-electron chi connectivity index (χ1n) is 6.31. The van der Waals surface area contributed by atoms with E-state index in [2.05, 4.69) is 4.98 Å². The van der Waals surface area contributed by atoms with Gasteiger partial charge < -0.3 is 4.98 Å². The Morgan fingerprint density at radius 2 is 1.74 bits per heavy atom. The molecule has 0 spiro atoms. The van der Waals surface area contributed by atoms with Crippen molar-refractivity contribution in [1.29, 1.82) is 0 Å². The molecule has 0 bridgehead atoms. The van der Waals surface area contributed by atoms with Crippen LogP contribution in [0.5, 0.6) is 0 Å². The zero-order valence-electron chi connectivity index (χ0n) is 10.2. The fourth-order valence-electron chi connectivity index (χ4n) is 2.68. The first-order valence-corrected chi connectivity index (χ1v) is 6.31. The van der Waals surface area contributed by atoms with Gasteiger partial charge >= 0.3 is 0 Å². The molecule has 2 aromatic rings. The molecule has 1 heterocycles. The Bertz CT molecular complexity index is 721. The SMILES string of the molecule is O=c1c2c([nH]c3c(F)c(F)c(F)cc13)CCCCC2. The molecule has 0 radical (unpaired) electrons. The van der Waals surface area contributed by atoms with Gasteiger partial charge in [0, 0.05) is 11.3 Å². The molecular weight excluding hydrogens is 255 g/mol. The maximum Gasteiger partial charge on any atom is 0.196 e. The molecule has 19 heavy (non-hydrogen) atoms. The number of halogens is 3. The van der Waals surface area contributed by atoms with Crippen LogP contribution in [0, 0.1) is 17.5 Å². The maximum atomic E-state index is 13.7. The van der Waals surface area contributed by atoms with Crippen LogP contribution in [-0.4, -0.2) is 4.98 Å². The number of fused-ring (bicyclic) bond motifs is 2. The van der Waals surface area contributed by atoms with E-state index in [1.807, 2.05) is 0 Å². The smallest absolute Gasteiger partial charge is 0.196 e. The third kappa shape index (κ3) is 1.84. The predicted molar refractivity (Wildman–Crippen MR) is 65.7 cm³/mol. The van der Waals surface area contributed by atoms with Crippen molar-refractivity contribution < 1.29 is 13.2 Å². The van der Waals surface area contributed by atoms with Gasteiger partial charge in [-0.15, -0.1) is 0 Å². The molecule has 0 aliphatic heterocycles. The highest BCUT2D eigenvalue weighted by Gasteiger charge is 2.20. The van der Waals surface area contributed by atoms with Crippen LogP contribution < -0.4 is 5.43 Å². The average molecular weight is 267 g/mol. The molecule has 1 N–H and O–H groups in total. The van der Waals surface area contributed by atoms with Crippen LogP contribution >= 0.6 is 0 Å². The lowest BCUT2D eigenvalue weighted by molar-refractivity contribution is 0.452. The van der Waals surface area contributed by atoms with Crippen molar-refractivity contribution >= 4 is 10.9 Å². The van der Waals surface area contributed by atoms with E-state index >= 15 is 0 Å². The second kappa shape index (κ2) is 4.40. The first-order chi connectivity index (χ1) is 9.09. The quantitative estimate of drug-likeness (QED) is 0.577. The van der Waals surface area contributed by atoms with E-state index in [1.54, 1.807) is 0 Å². The summed E-state index contributed by atoms with van der Waals surface area (Å²) in [5.41, 5.74) is 0.614. The van der Waals surface area contributed by atoms with E-state index in [-0.39, 0.29) is 16.3 Å². The van der Waals surface area contributed by atoms with Crippen molar-refractivity contribution in [1.82, 2.24) is 4.98 Å². The van der Waals surface area contributed by atoms with Crippen molar-refractivity contribution in [3.8, 4) is 0 Å². The highest BCUT2D eigenvalue weighted by Crippen LogP contribution is 2.23. The summed E-state index contributed by atoms with van der Waals surface area (Å²) < 4.78 is 40.2. The lowest BCUT2D eigenvalue weighted by Crippen LogP contribution is -2.15. The number of aromatic nitrogens is 1. The second-order valence-electron chi connectivity index (χ2n) is 4.88. The lowest BCUT2D eigenvalue weighted by atomic mass is 10.0. The predicted octanol–water partition coefficient (Wildman–Crippen LogP) is 3.21. The topological polar surface area (TPSA) is 32.9 Å². The summed E-state index contributed by atoms with van der Waals surface area (Å²) in [6, 6.07) is 0.776. The van der Waals surface area contributed by atoms with E-state index in [9.17, 15) is 18.0 Å². The van der Waals surface area contributed by atoms with Crippen LogP contribution in [0.25, 0.3) is 10.9 Å². The number of nitrogens with one attached hydrogen (secondary N) is 1. The number of pyridine rings is 1. The van der Waals surface area contributed by atoms with Crippen LogP contribution in [-0.2, 0) is 12.8 Å². The molecule has 0 unspecified atom stereocenters. The Kier molecular flexibility index (Phi) is 2.84. The van der Waals surface area contributed by atoms with E-state index < -0.39 is 17.5 Å². The summed E-state index contributed by atoms with van der Waals surface area (Å²) in [6.45, 7) is 0. The van der Waals surface area contributed by atoms with Crippen LogP contribution in [0.2, 0.25) is 0 Å². The number of hydrogen-bond donors (Lipinski definition) is 1. The first kappa shape index (κ1) is 12.3. The standard InChI is InChI=1S/C14H12F3NO/c15-9-6-8-13(12(17)11(9)16)18-10-5-3-1-2-4-7(10)14(8)19/h6H,1-5H2,(H,18,19). The summed E-state index contributed by atoms with van der Waals surface area (Å²) in [7, 11) is 0. The van der Waals surface area contributed by atoms with Crippen molar-refractivity contribution in [3.05, 3.63) is 45.0 Å². The van der Waals surface area contributed by atoms with Crippen LogP contribution in [0.1, 0.15) is 30.5 Å². The Labute approximate surface area is 107 Å². The number of hydrogen-bond acceptors (Lipinski definition) is 1. The Balaban J connectivity index is 2.41. The number of rotatable bonds is 0. The van der Waals surface area contributed by atoms with Crippen molar-refractivity contribution in [3.63, 3.8) is 0 Å². The molecule has 1 aromatic heterocycles. The van der Waals surface area contributed by atoms with Crippen molar-refractivity contribution in [2.45, 2.75) is 32.1 Å². The summed E-state index contributed by atoms with van der Waals surface area (Å²) in [6.07, 6.45) is 4.01. The number of aromatic amines is 1. The number of H-pyrrole nitrogens is 1. The Hall–Kier alpha value is -1.78. The molecule has 0 saturated heterocycles. The molecule has 100 valence electrons. The minimum absolute atomic E-state index is 0.114. The van der Waals surface area contributed by atoms with Crippen molar-refractivity contribution in [2.75, 3.05) is 0 Å². The zero-order valence-corrected chi connectivity index (χ0v) is 10.2. The van der Waals surface area contributed by atoms with Gasteiger partial charge in [-0.3, -0.25) is 4.79 Å². The molecule has 0 amide bonds. The van der Waals surface area contributed by atoms with Crippen LogP contribution in [0.15, 0.2) is 10.9 Å². The van der Waals surface area contributed by atoms with Crippen molar-refractivity contribution in [2.24, 2.45) is 0 Å². The summed E-state index contributed by atoms with van der Waals surface area (Å²) >= 11 is 0. The third-order valence-corrected chi connectivity index (χ3v) is 3.67. The zero-order chi connectivity index (χ0) is 13.6. The van der Waals surface area contributed by atoms with E-state index in [1.165, 1.54) is 0 Å². The highest BCUT2D eigenvalue weighted by molar-refractivity contribution is 5.80. The molecule has 0 atom stereocenters. The van der Waals surface area contributed by atoms with Gasteiger partial charge in [-0.2, -0.15) is 0 Å². The maximum absolute atomic E-state index is 13.7. The molecule has 0 saturated carbocycles. The fourth-order valence-corrected chi connectivity index (χ4v) is 2.68. The van der Waals surface area contributed by atoms with E-state index in [0.29, 0.717) is 24.1 Å². The number of benzene rings is 1. The molecule has 1 aliphatic carbocycles. The van der Waals surface area contributed by atoms with Crippen LogP contribution in [0.4, 0.5) is 13.2 Å². The minimum Gasteiger partial charge on any atom is -0.355 e. The average Bonchev–Trinajstić information content (AvgIpc) is 2.63. The second-order valence-corrected chi connectivity index (χ2v) is 4.88. The van der Waals surface area contributed by atoms with Gasteiger partial charge in [0.2, 0.25) is 0 Å². The molecular formula is C14H12F3NO. The normalized spacial score (nSPS) is 15.3. The number of aryl methyl sites for hydroxylation is 1. The summed E-state index contributed by atoms with van der Waals surface area (Å²) in [4.78, 5) is 15.0. The monoisotopic (exact) mass is 267 g/mol.